The average Bonchev–Trinajstić information content (AvgIpc) is 3.26. The number of nitrogens with zero attached hydrogens (tertiary/aromatic N) is 5. The minimum absolute atomic E-state index is 0.0921. The van der Waals surface area contributed by atoms with Crippen LogP contribution in [0.4, 0.5) is 4.79 Å². The number of benzene rings is 1. The minimum Gasteiger partial charge on any atom is -0.352 e. The minimum atomic E-state index is -0.533. The quantitative estimate of drug-likeness (QED) is 0.719. The standard InChI is InChI=1S/C15H19N7O2/c23-14(16-6-8-21-9-7-17-15(21)24)13(22-11-18-19-20-22)10-12-4-2-1-3-5-12/h1-5,11,13H,6-10H2,(H,16,23)(H,17,24)/t13-/m0/s1. The number of rotatable bonds is 7. The van der Waals surface area contributed by atoms with Crippen molar-refractivity contribution >= 4 is 11.9 Å². The molecule has 1 fully saturated rings. The number of nitrogens with one attached hydrogen (secondary N) is 2. The Kier molecular flexibility index (Phi) is 4.99. The molecule has 1 atom stereocenters. The third kappa shape index (κ3) is 3.86. The maximum Gasteiger partial charge on any atom is 0.317 e. The molecule has 0 spiro atoms. The van der Waals surface area contributed by atoms with Crippen LogP contribution < -0.4 is 10.6 Å². The van der Waals surface area contributed by atoms with Crippen molar-refractivity contribution in [3.63, 3.8) is 0 Å². The van der Waals surface area contributed by atoms with E-state index >= 15 is 0 Å². The molecule has 1 aromatic heterocycles. The molecule has 0 radical (unpaired) electrons. The van der Waals surface area contributed by atoms with E-state index in [2.05, 4.69) is 26.2 Å². The van der Waals surface area contributed by atoms with E-state index in [0.717, 1.165) is 5.56 Å². The SMILES string of the molecule is O=C(NCCN1CCNC1=O)[C@H](Cc1ccccc1)n1cnnn1. The van der Waals surface area contributed by atoms with Gasteiger partial charge >= 0.3 is 6.03 Å². The Hall–Kier alpha value is -2.97. The monoisotopic (exact) mass is 329 g/mol. The van der Waals surface area contributed by atoms with E-state index in [1.54, 1.807) is 4.90 Å². The second-order valence-corrected chi connectivity index (χ2v) is 5.51. The van der Waals surface area contributed by atoms with E-state index in [0.29, 0.717) is 32.6 Å². The Balaban J connectivity index is 1.60. The van der Waals surface area contributed by atoms with Gasteiger partial charge in [-0.05, 0) is 16.0 Å². The first-order chi connectivity index (χ1) is 11.7. The maximum atomic E-state index is 12.6. The number of hydrogen-bond acceptors (Lipinski definition) is 5. The second kappa shape index (κ2) is 7.53. The molecular formula is C15H19N7O2. The summed E-state index contributed by atoms with van der Waals surface area (Å²) in [7, 11) is 0. The summed E-state index contributed by atoms with van der Waals surface area (Å²) in [5, 5.41) is 16.7. The van der Waals surface area contributed by atoms with Gasteiger partial charge in [-0.1, -0.05) is 30.3 Å². The summed E-state index contributed by atoms with van der Waals surface area (Å²) < 4.78 is 1.45. The molecule has 2 heterocycles. The third-order valence-corrected chi connectivity index (χ3v) is 3.88. The highest BCUT2D eigenvalue weighted by molar-refractivity contribution is 5.80. The number of carbonyl (C=O) groups is 2. The molecule has 24 heavy (non-hydrogen) atoms. The molecule has 0 saturated carbocycles. The van der Waals surface area contributed by atoms with Gasteiger partial charge in [-0.3, -0.25) is 4.79 Å². The average molecular weight is 329 g/mol. The first-order valence-electron chi connectivity index (χ1n) is 7.81. The van der Waals surface area contributed by atoms with Gasteiger partial charge in [0.2, 0.25) is 5.91 Å². The summed E-state index contributed by atoms with van der Waals surface area (Å²) in [6.07, 6.45) is 1.92. The van der Waals surface area contributed by atoms with Crippen molar-refractivity contribution in [2.75, 3.05) is 26.2 Å². The van der Waals surface area contributed by atoms with Crippen LogP contribution >= 0.6 is 0 Å². The summed E-state index contributed by atoms with van der Waals surface area (Å²) in [5.41, 5.74) is 1.02. The molecule has 1 aliphatic rings. The fourth-order valence-corrected chi connectivity index (χ4v) is 2.61. The number of carbonyl (C=O) groups excluding carboxylic acids is 2. The van der Waals surface area contributed by atoms with E-state index in [1.165, 1.54) is 11.0 Å². The number of tetrazole rings is 1. The van der Waals surface area contributed by atoms with Crippen molar-refractivity contribution in [2.24, 2.45) is 0 Å². The van der Waals surface area contributed by atoms with Gasteiger partial charge in [0.15, 0.2) is 0 Å². The molecule has 1 aliphatic heterocycles. The fourth-order valence-electron chi connectivity index (χ4n) is 2.61. The van der Waals surface area contributed by atoms with Crippen LogP contribution in [0.5, 0.6) is 0 Å². The van der Waals surface area contributed by atoms with Crippen molar-refractivity contribution in [1.82, 2.24) is 35.7 Å². The van der Waals surface area contributed by atoms with E-state index in [4.69, 9.17) is 0 Å². The molecule has 0 aliphatic carbocycles. The largest absolute Gasteiger partial charge is 0.352 e. The van der Waals surface area contributed by atoms with E-state index in [9.17, 15) is 9.59 Å². The van der Waals surface area contributed by atoms with Gasteiger partial charge in [0, 0.05) is 32.6 Å². The van der Waals surface area contributed by atoms with Crippen LogP contribution in [0.1, 0.15) is 11.6 Å². The van der Waals surface area contributed by atoms with Gasteiger partial charge in [0.25, 0.3) is 0 Å². The summed E-state index contributed by atoms with van der Waals surface area (Å²) in [6.45, 7) is 2.17. The van der Waals surface area contributed by atoms with Crippen LogP contribution in [-0.2, 0) is 11.2 Å². The van der Waals surface area contributed by atoms with Gasteiger partial charge in [0.1, 0.15) is 12.4 Å². The van der Waals surface area contributed by atoms with Gasteiger partial charge in [-0.25, -0.2) is 9.48 Å². The molecule has 0 unspecified atom stereocenters. The van der Waals surface area contributed by atoms with Crippen LogP contribution in [0, 0.1) is 0 Å². The molecule has 126 valence electrons. The van der Waals surface area contributed by atoms with Gasteiger partial charge in [-0.2, -0.15) is 0 Å². The lowest BCUT2D eigenvalue weighted by molar-refractivity contribution is -0.124. The zero-order valence-corrected chi connectivity index (χ0v) is 13.1. The van der Waals surface area contributed by atoms with Crippen LogP contribution in [0.2, 0.25) is 0 Å². The first-order valence-corrected chi connectivity index (χ1v) is 7.81. The van der Waals surface area contributed by atoms with Crippen molar-refractivity contribution in [1.29, 1.82) is 0 Å². The number of urea groups is 1. The Morgan fingerprint density at radius 3 is 2.83 bits per heavy atom. The lowest BCUT2D eigenvalue weighted by Gasteiger charge is -2.18. The van der Waals surface area contributed by atoms with E-state index in [1.807, 2.05) is 30.3 Å². The van der Waals surface area contributed by atoms with E-state index in [-0.39, 0.29) is 11.9 Å². The van der Waals surface area contributed by atoms with Crippen molar-refractivity contribution < 1.29 is 9.59 Å². The molecular weight excluding hydrogens is 310 g/mol. The topological polar surface area (TPSA) is 105 Å². The summed E-state index contributed by atoms with van der Waals surface area (Å²) in [5.74, 6) is -0.175. The van der Waals surface area contributed by atoms with Crippen molar-refractivity contribution in [3.8, 4) is 0 Å². The zero-order valence-electron chi connectivity index (χ0n) is 13.1. The van der Waals surface area contributed by atoms with Gasteiger partial charge in [-0.15, -0.1) is 5.10 Å². The Morgan fingerprint density at radius 2 is 2.17 bits per heavy atom. The predicted molar refractivity (Wildman–Crippen MR) is 85.0 cm³/mol. The van der Waals surface area contributed by atoms with Crippen LogP contribution in [0.3, 0.4) is 0 Å². The fraction of sp³-hybridized carbons (Fsp3) is 0.400. The first kappa shape index (κ1) is 15.9. The highest BCUT2D eigenvalue weighted by atomic mass is 16.2. The summed E-state index contributed by atoms with van der Waals surface area (Å²) in [6, 6.07) is 9.07. The molecule has 2 N–H and O–H groups in total. The van der Waals surface area contributed by atoms with Crippen LogP contribution in [-0.4, -0.2) is 63.2 Å². The lowest BCUT2D eigenvalue weighted by Crippen LogP contribution is -2.40. The highest BCUT2D eigenvalue weighted by Gasteiger charge is 2.23. The molecule has 2 aromatic rings. The molecule has 9 heteroatoms. The van der Waals surface area contributed by atoms with Gasteiger partial charge in [0.05, 0.1) is 0 Å². The van der Waals surface area contributed by atoms with Crippen molar-refractivity contribution in [3.05, 3.63) is 42.2 Å². The van der Waals surface area contributed by atoms with Crippen LogP contribution in [0.15, 0.2) is 36.7 Å². The molecule has 0 bridgehead atoms. The number of amides is 3. The smallest absolute Gasteiger partial charge is 0.317 e. The third-order valence-electron chi connectivity index (χ3n) is 3.88. The molecule has 3 amide bonds. The van der Waals surface area contributed by atoms with Crippen molar-refractivity contribution in [2.45, 2.75) is 12.5 Å². The normalized spacial score (nSPS) is 15.2. The Bertz CT molecular complexity index is 674. The Labute approximate surface area is 139 Å². The number of aromatic nitrogens is 4. The second-order valence-electron chi connectivity index (χ2n) is 5.51. The maximum absolute atomic E-state index is 12.6. The van der Waals surface area contributed by atoms with E-state index < -0.39 is 6.04 Å². The summed E-state index contributed by atoms with van der Waals surface area (Å²) >= 11 is 0. The summed E-state index contributed by atoms with van der Waals surface area (Å²) in [4.78, 5) is 25.7. The molecule has 9 nitrogen and oxygen atoms in total. The Morgan fingerprint density at radius 1 is 1.33 bits per heavy atom. The highest BCUT2D eigenvalue weighted by Crippen LogP contribution is 2.13. The van der Waals surface area contributed by atoms with Crippen LogP contribution in [0.25, 0.3) is 0 Å². The molecule has 1 aromatic carbocycles. The molecule has 1 saturated heterocycles. The zero-order chi connectivity index (χ0) is 16.8. The number of hydrogen-bond donors (Lipinski definition) is 2. The molecule has 3 rings (SSSR count). The predicted octanol–water partition coefficient (Wildman–Crippen LogP) is -0.402. The van der Waals surface area contributed by atoms with Gasteiger partial charge < -0.3 is 15.5 Å². The lowest BCUT2D eigenvalue weighted by atomic mass is 10.1.